The van der Waals surface area contributed by atoms with Crippen LogP contribution in [0.5, 0.6) is 0 Å². The van der Waals surface area contributed by atoms with Crippen LogP contribution in [-0.2, 0) is 4.79 Å². The maximum Gasteiger partial charge on any atom is 0.252 e. The largest absolute Gasteiger partial charge is 0.355 e. The van der Waals surface area contributed by atoms with Crippen LogP contribution in [0.4, 0.5) is 0 Å². The summed E-state index contributed by atoms with van der Waals surface area (Å²) >= 11 is 1.43. The quantitative estimate of drug-likeness (QED) is 0.690. The highest BCUT2D eigenvalue weighted by Crippen LogP contribution is 2.24. The molecule has 0 radical (unpaired) electrons. The summed E-state index contributed by atoms with van der Waals surface area (Å²) in [6, 6.07) is 7.49. The Labute approximate surface area is 155 Å². The van der Waals surface area contributed by atoms with Crippen LogP contribution in [0.15, 0.2) is 29.2 Å². The van der Waals surface area contributed by atoms with Crippen molar-refractivity contribution in [3.8, 4) is 0 Å². The van der Waals surface area contributed by atoms with Crippen molar-refractivity contribution in [2.45, 2.75) is 50.8 Å². The van der Waals surface area contributed by atoms with Gasteiger partial charge in [0.15, 0.2) is 0 Å². The van der Waals surface area contributed by atoms with E-state index < -0.39 is 0 Å². The van der Waals surface area contributed by atoms with Crippen LogP contribution < -0.4 is 10.6 Å². The summed E-state index contributed by atoms with van der Waals surface area (Å²) in [5, 5.41) is 5.99. The van der Waals surface area contributed by atoms with Gasteiger partial charge >= 0.3 is 0 Å². The Morgan fingerprint density at radius 1 is 1.12 bits per heavy atom. The van der Waals surface area contributed by atoms with E-state index in [4.69, 9.17) is 0 Å². The smallest absolute Gasteiger partial charge is 0.252 e. The number of nitrogens with one attached hydrogen (secondary N) is 2. The van der Waals surface area contributed by atoms with Crippen LogP contribution in [0.1, 0.15) is 56.3 Å². The van der Waals surface area contributed by atoms with Gasteiger partial charge in [-0.25, -0.2) is 0 Å². The van der Waals surface area contributed by atoms with Crippen molar-refractivity contribution in [3.63, 3.8) is 0 Å². The van der Waals surface area contributed by atoms with Gasteiger partial charge in [-0.2, -0.15) is 0 Å². The normalized spacial score (nSPS) is 15.2. The highest BCUT2D eigenvalue weighted by atomic mass is 32.2. The predicted molar refractivity (Wildman–Crippen MR) is 104 cm³/mol. The first kappa shape index (κ1) is 19.8. The minimum absolute atomic E-state index is 0.0490. The number of carbonyl (C=O) groups excluding carboxylic acids is 2. The fraction of sp³-hybridized carbons (Fsp3) is 0.600. The van der Waals surface area contributed by atoms with Gasteiger partial charge in [0.1, 0.15) is 0 Å². The molecule has 0 unspecified atom stereocenters. The van der Waals surface area contributed by atoms with Crippen LogP contribution >= 0.6 is 11.8 Å². The van der Waals surface area contributed by atoms with E-state index in [0.717, 1.165) is 11.4 Å². The van der Waals surface area contributed by atoms with Gasteiger partial charge in [0.05, 0.1) is 11.3 Å². The first-order chi connectivity index (χ1) is 12.1. The molecular weight excluding hydrogens is 332 g/mol. The van der Waals surface area contributed by atoms with Crippen molar-refractivity contribution in [3.05, 3.63) is 29.8 Å². The van der Waals surface area contributed by atoms with Gasteiger partial charge in [-0.05, 0) is 36.8 Å². The first-order valence-electron chi connectivity index (χ1n) is 9.33. The van der Waals surface area contributed by atoms with Crippen molar-refractivity contribution in [2.75, 3.05) is 18.8 Å². The molecule has 0 heterocycles. The number of carbonyl (C=O) groups is 2. The zero-order chi connectivity index (χ0) is 18.1. The summed E-state index contributed by atoms with van der Waals surface area (Å²) in [6.07, 6.45) is 6.36. The fourth-order valence-electron chi connectivity index (χ4n) is 3.02. The zero-order valence-corrected chi connectivity index (χ0v) is 16.2. The van der Waals surface area contributed by atoms with Gasteiger partial charge in [-0.1, -0.05) is 45.2 Å². The molecule has 1 aliphatic rings. The molecule has 0 aliphatic heterocycles. The lowest BCUT2D eigenvalue weighted by Gasteiger charge is -2.21. The first-order valence-corrected chi connectivity index (χ1v) is 10.3. The SMILES string of the molecule is CC(C)CNC(=O)c1ccccc1SCC(=O)NCC1CCCCC1. The van der Waals surface area contributed by atoms with Crippen molar-refractivity contribution >= 4 is 23.6 Å². The van der Waals surface area contributed by atoms with E-state index in [9.17, 15) is 9.59 Å². The molecule has 2 rings (SSSR count). The molecule has 4 nitrogen and oxygen atoms in total. The summed E-state index contributed by atoms with van der Waals surface area (Å²) in [7, 11) is 0. The van der Waals surface area contributed by atoms with Crippen LogP contribution in [0.2, 0.25) is 0 Å². The Hall–Kier alpha value is -1.49. The molecule has 2 N–H and O–H groups in total. The van der Waals surface area contributed by atoms with Crippen LogP contribution in [0, 0.1) is 11.8 Å². The van der Waals surface area contributed by atoms with Gasteiger partial charge in [0.2, 0.25) is 5.91 Å². The molecule has 0 spiro atoms. The molecule has 5 heteroatoms. The molecule has 1 aromatic rings. The van der Waals surface area contributed by atoms with Crippen LogP contribution in [-0.4, -0.2) is 30.7 Å². The van der Waals surface area contributed by atoms with Crippen molar-refractivity contribution in [2.24, 2.45) is 11.8 Å². The second-order valence-corrected chi connectivity index (χ2v) is 8.21. The zero-order valence-electron chi connectivity index (χ0n) is 15.3. The molecule has 0 aromatic heterocycles. The van der Waals surface area contributed by atoms with Crippen molar-refractivity contribution < 1.29 is 9.59 Å². The highest BCUT2D eigenvalue weighted by molar-refractivity contribution is 8.00. The van der Waals surface area contributed by atoms with E-state index in [1.165, 1.54) is 43.9 Å². The van der Waals surface area contributed by atoms with Crippen LogP contribution in [0.3, 0.4) is 0 Å². The van der Waals surface area contributed by atoms with Crippen molar-refractivity contribution in [1.82, 2.24) is 10.6 Å². The summed E-state index contributed by atoms with van der Waals surface area (Å²) in [6.45, 7) is 5.57. The fourth-order valence-corrected chi connectivity index (χ4v) is 3.90. The van der Waals surface area contributed by atoms with E-state index >= 15 is 0 Å². The topological polar surface area (TPSA) is 58.2 Å². The molecule has 0 atom stereocenters. The second-order valence-electron chi connectivity index (χ2n) is 7.20. The Bertz CT molecular complexity index is 569. The van der Waals surface area contributed by atoms with Gasteiger partial charge < -0.3 is 10.6 Å². The van der Waals surface area contributed by atoms with E-state index in [2.05, 4.69) is 24.5 Å². The number of rotatable bonds is 8. The maximum atomic E-state index is 12.3. The van der Waals surface area contributed by atoms with Gasteiger partial charge in [0, 0.05) is 18.0 Å². The third kappa shape index (κ3) is 7.10. The van der Waals surface area contributed by atoms with E-state index in [-0.39, 0.29) is 11.8 Å². The number of thioether (sulfide) groups is 1. The molecule has 2 amide bonds. The second kappa shape index (κ2) is 10.5. The highest BCUT2D eigenvalue weighted by Gasteiger charge is 2.15. The number of benzene rings is 1. The lowest BCUT2D eigenvalue weighted by Crippen LogP contribution is -2.31. The minimum atomic E-state index is -0.0700. The Balaban J connectivity index is 1.81. The van der Waals surface area contributed by atoms with E-state index in [0.29, 0.717) is 29.7 Å². The maximum absolute atomic E-state index is 12.3. The Morgan fingerprint density at radius 3 is 2.56 bits per heavy atom. The van der Waals surface area contributed by atoms with Crippen LogP contribution in [0.25, 0.3) is 0 Å². The molecular formula is C20H30N2O2S. The molecule has 1 aliphatic carbocycles. The average molecular weight is 363 g/mol. The number of amides is 2. The summed E-state index contributed by atoms with van der Waals surface area (Å²) < 4.78 is 0. The summed E-state index contributed by atoms with van der Waals surface area (Å²) in [5.41, 5.74) is 0.647. The average Bonchev–Trinajstić information content (AvgIpc) is 2.63. The van der Waals surface area contributed by atoms with Gasteiger partial charge in [0.25, 0.3) is 5.91 Å². The predicted octanol–water partition coefficient (Wildman–Crippen LogP) is 3.86. The minimum Gasteiger partial charge on any atom is -0.355 e. The molecule has 0 bridgehead atoms. The van der Waals surface area contributed by atoms with E-state index in [1.54, 1.807) is 0 Å². The number of hydrogen-bond acceptors (Lipinski definition) is 3. The molecule has 1 aromatic carbocycles. The van der Waals surface area contributed by atoms with Gasteiger partial charge in [-0.3, -0.25) is 9.59 Å². The summed E-state index contributed by atoms with van der Waals surface area (Å²) in [4.78, 5) is 25.3. The lowest BCUT2D eigenvalue weighted by atomic mass is 9.89. The monoisotopic (exact) mass is 362 g/mol. The Morgan fingerprint density at radius 2 is 1.84 bits per heavy atom. The molecule has 1 saturated carbocycles. The third-order valence-corrected chi connectivity index (χ3v) is 5.55. The molecule has 1 fully saturated rings. The molecule has 25 heavy (non-hydrogen) atoms. The standard InChI is InChI=1S/C20H30N2O2S/c1-15(2)12-22-20(24)17-10-6-7-11-18(17)25-14-19(23)21-13-16-8-4-3-5-9-16/h6-7,10-11,15-16H,3-5,8-9,12-14H2,1-2H3,(H,21,23)(H,22,24). The lowest BCUT2D eigenvalue weighted by molar-refractivity contribution is -0.118. The summed E-state index contributed by atoms with van der Waals surface area (Å²) in [5.74, 6) is 1.37. The Kier molecular flexibility index (Phi) is 8.32. The van der Waals surface area contributed by atoms with E-state index in [1.807, 2.05) is 24.3 Å². The molecule has 138 valence electrons. The number of hydrogen-bond donors (Lipinski definition) is 2. The molecule has 0 saturated heterocycles. The van der Waals surface area contributed by atoms with Crippen molar-refractivity contribution in [1.29, 1.82) is 0 Å². The third-order valence-electron chi connectivity index (χ3n) is 4.47. The van der Waals surface area contributed by atoms with Gasteiger partial charge in [-0.15, -0.1) is 11.8 Å².